The van der Waals surface area contributed by atoms with Crippen molar-refractivity contribution in [3.8, 4) is 5.75 Å². The first-order chi connectivity index (χ1) is 9.28. The highest BCUT2D eigenvalue weighted by Crippen LogP contribution is 2.48. The highest BCUT2D eigenvalue weighted by atomic mass is 35.5. The molecule has 2 aliphatic rings. The van der Waals surface area contributed by atoms with Crippen LogP contribution in [0, 0.1) is 17.8 Å². The Morgan fingerprint density at radius 3 is 2.84 bits per heavy atom. The highest BCUT2D eigenvalue weighted by molar-refractivity contribution is 6.32. The second-order valence-corrected chi connectivity index (χ2v) is 6.42. The topological polar surface area (TPSA) is 35.2 Å². The van der Waals surface area contributed by atoms with Crippen LogP contribution >= 0.6 is 11.6 Å². The summed E-state index contributed by atoms with van der Waals surface area (Å²) >= 11 is 6.26. The third-order valence-corrected chi connectivity index (χ3v) is 5.09. The third kappa shape index (κ3) is 2.75. The minimum Gasteiger partial charge on any atom is -0.491 e. The molecule has 0 heterocycles. The summed E-state index contributed by atoms with van der Waals surface area (Å²) in [5.41, 5.74) is 6.79. The van der Waals surface area contributed by atoms with Crippen molar-refractivity contribution in [2.75, 3.05) is 13.2 Å². The predicted molar refractivity (Wildman–Crippen MR) is 78.6 cm³/mol. The molecule has 104 valence electrons. The van der Waals surface area contributed by atoms with Crippen molar-refractivity contribution < 1.29 is 4.74 Å². The number of hydrogen-bond donors (Lipinski definition) is 1. The number of nitrogens with two attached hydrogens (primary N) is 1. The fraction of sp³-hybridized carbons (Fsp3) is 0.625. The van der Waals surface area contributed by atoms with Crippen LogP contribution in [0.5, 0.6) is 5.75 Å². The fourth-order valence-electron chi connectivity index (χ4n) is 3.84. The van der Waals surface area contributed by atoms with Gasteiger partial charge in [0.05, 0.1) is 11.6 Å². The SMILES string of the molecule is NCCc1cccc(Cl)c1OCC1CC2CCC1C2. The number of hydrogen-bond acceptors (Lipinski definition) is 2. The van der Waals surface area contributed by atoms with E-state index in [4.69, 9.17) is 22.1 Å². The van der Waals surface area contributed by atoms with Crippen molar-refractivity contribution in [3.63, 3.8) is 0 Å². The van der Waals surface area contributed by atoms with Crippen molar-refractivity contribution >= 4 is 11.6 Å². The molecule has 1 aromatic rings. The molecule has 0 saturated heterocycles. The molecule has 2 aliphatic carbocycles. The Balaban J connectivity index is 1.66. The fourth-order valence-corrected chi connectivity index (χ4v) is 4.09. The molecule has 2 saturated carbocycles. The van der Waals surface area contributed by atoms with Crippen molar-refractivity contribution in [2.24, 2.45) is 23.5 Å². The third-order valence-electron chi connectivity index (χ3n) is 4.79. The van der Waals surface area contributed by atoms with Gasteiger partial charge in [-0.05, 0) is 61.6 Å². The van der Waals surface area contributed by atoms with E-state index in [9.17, 15) is 0 Å². The van der Waals surface area contributed by atoms with Gasteiger partial charge in [0.1, 0.15) is 5.75 Å². The van der Waals surface area contributed by atoms with Gasteiger partial charge in [0.25, 0.3) is 0 Å². The number of fused-ring (bicyclic) bond motifs is 2. The largest absolute Gasteiger partial charge is 0.491 e. The molecule has 0 radical (unpaired) electrons. The lowest BCUT2D eigenvalue weighted by Gasteiger charge is -2.23. The lowest BCUT2D eigenvalue weighted by atomic mass is 9.89. The summed E-state index contributed by atoms with van der Waals surface area (Å²) in [6, 6.07) is 5.93. The van der Waals surface area contributed by atoms with Crippen molar-refractivity contribution in [1.29, 1.82) is 0 Å². The molecule has 3 atom stereocenters. The summed E-state index contributed by atoms with van der Waals surface area (Å²) in [7, 11) is 0. The van der Waals surface area contributed by atoms with E-state index in [-0.39, 0.29) is 0 Å². The van der Waals surface area contributed by atoms with Gasteiger partial charge in [-0.2, -0.15) is 0 Å². The van der Waals surface area contributed by atoms with Crippen LogP contribution in [0.2, 0.25) is 5.02 Å². The lowest BCUT2D eigenvalue weighted by Crippen LogP contribution is -2.19. The van der Waals surface area contributed by atoms with Gasteiger partial charge < -0.3 is 10.5 Å². The van der Waals surface area contributed by atoms with E-state index in [0.717, 1.165) is 42.1 Å². The number of ether oxygens (including phenoxy) is 1. The van der Waals surface area contributed by atoms with Crippen molar-refractivity contribution in [3.05, 3.63) is 28.8 Å². The standard InChI is InChI=1S/C16H22ClNO/c17-15-3-1-2-12(6-7-18)16(15)19-10-14-9-11-4-5-13(14)8-11/h1-3,11,13-14H,4-10,18H2. The maximum atomic E-state index is 6.26. The monoisotopic (exact) mass is 279 g/mol. The Labute approximate surface area is 120 Å². The molecule has 2 bridgehead atoms. The van der Waals surface area contributed by atoms with Gasteiger partial charge in [0, 0.05) is 0 Å². The molecule has 0 amide bonds. The Morgan fingerprint density at radius 2 is 2.16 bits per heavy atom. The molecule has 2 N–H and O–H groups in total. The average Bonchev–Trinajstić information content (AvgIpc) is 3.00. The van der Waals surface area contributed by atoms with Gasteiger partial charge in [-0.3, -0.25) is 0 Å². The Bertz CT molecular complexity index is 448. The summed E-state index contributed by atoms with van der Waals surface area (Å²) < 4.78 is 6.07. The summed E-state index contributed by atoms with van der Waals surface area (Å²) in [6.45, 7) is 1.45. The highest BCUT2D eigenvalue weighted by Gasteiger charge is 2.39. The van der Waals surface area contributed by atoms with E-state index in [1.165, 1.54) is 25.7 Å². The molecule has 2 nitrogen and oxygen atoms in total. The van der Waals surface area contributed by atoms with Crippen molar-refractivity contribution in [1.82, 2.24) is 0 Å². The lowest BCUT2D eigenvalue weighted by molar-refractivity contribution is 0.194. The Hall–Kier alpha value is -0.730. The van der Waals surface area contributed by atoms with E-state index >= 15 is 0 Å². The quantitative estimate of drug-likeness (QED) is 0.893. The minimum atomic E-state index is 0.630. The zero-order valence-corrected chi connectivity index (χ0v) is 12.0. The van der Waals surface area contributed by atoms with Crippen molar-refractivity contribution in [2.45, 2.75) is 32.1 Å². The second-order valence-electron chi connectivity index (χ2n) is 6.01. The molecular formula is C16H22ClNO. The zero-order valence-electron chi connectivity index (χ0n) is 11.3. The number of halogens is 1. The molecule has 3 rings (SSSR count). The van der Waals surface area contributed by atoms with Crippen LogP contribution in [0.15, 0.2) is 18.2 Å². The van der Waals surface area contributed by atoms with Gasteiger partial charge in [-0.1, -0.05) is 30.2 Å². The van der Waals surface area contributed by atoms with Crippen LogP contribution in [-0.2, 0) is 6.42 Å². The molecule has 3 heteroatoms. The maximum Gasteiger partial charge on any atom is 0.141 e. The smallest absolute Gasteiger partial charge is 0.141 e. The van der Waals surface area contributed by atoms with E-state index in [1.54, 1.807) is 0 Å². The van der Waals surface area contributed by atoms with Gasteiger partial charge in [-0.15, -0.1) is 0 Å². The second kappa shape index (κ2) is 5.72. The van der Waals surface area contributed by atoms with Crippen LogP contribution in [0.1, 0.15) is 31.2 Å². The Morgan fingerprint density at radius 1 is 1.26 bits per heavy atom. The van der Waals surface area contributed by atoms with Crippen LogP contribution in [0.25, 0.3) is 0 Å². The van der Waals surface area contributed by atoms with E-state index in [1.807, 2.05) is 12.1 Å². The molecule has 0 aliphatic heterocycles. The number of para-hydroxylation sites is 1. The molecule has 3 unspecified atom stereocenters. The normalized spacial score (nSPS) is 28.8. The number of benzene rings is 1. The summed E-state index contributed by atoms with van der Waals surface area (Å²) in [4.78, 5) is 0. The van der Waals surface area contributed by atoms with Gasteiger partial charge in [-0.25, -0.2) is 0 Å². The first-order valence-corrected chi connectivity index (χ1v) is 7.76. The first kappa shape index (κ1) is 13.3. The number of rotatable bonds is 5. The molecule has 0 aromatic heterocycles. The summed E-state index contributed by atoms with van der Waals surface area (Å²) in [6.07, 6.45) is 6.43. The summed E-state index contributed by atoms with van der Waals surface area (Å²) in [5.74, 6) is 3.46. The zero-order chi connectivity index (χ0) is 13.2. The van der Waals surface area contributed by atoms with Crippen LogP contribution in [-0.4, -0.2) is 13.2 Å². The Kier molecular flexibility index (Phi) is 3.99. The minimum absolute atomic E-state index is 0.630. The molecular weight excluding hydrogens is 258 g/mol. The van der Waals surface area contributed by atoms with Crippen LogP contribution in [0.3, 0.4) is 0 Å². The van der Waals surface area contributed by atoms with Crippen LogP contribution < -0.4 is 10.5 Å². The van der Waals surface area contributed by atoms with Gasteiger partial charge in [0.15, 0.2) is 0 Å². The van der Waals surface area contributed by atoms with E-state index < -0.39 is 0 Å². The van der Waals surface area contributed by atoms with Gasteiger partial charge >= 0.3 is 0 Å². The first-order valence-electron chi connectivity index (χ1n) is 7.38. The molecule has 0 spiro atoms. The molecule has 19 heavy (non-hydrogen) atoms. The molecule has 2 fully saturated rings. The molecule has 1 aromatic carbocycles. The van der Waals surface area contributed by atoms with Gasteiger partial charge in [0.2, 0.25) is 0 Å². The van der Waals surface area contributed by atoms with Crippen LogP contribution in [0.4, 0.5) is 0 Å². The maximum absolute atomic E-state index is 6.26. The predicted octanol–water partition coefficient (Wildman–Crippen LogP) is 3.66. The average molecular weight is 280 g/mol. The summed E-state index contributed by atoms with van der Waals surface area (Å²) in [5, 5.41) is 0.717. The van der Waals surface area contributed by atoms with E-state index in [2.05, 4.69) is 6.07 Å². The van der Waals surface area contributed by atoms with E-state index in [0.29, 0.717) is 11.6 Å².